The van der Waals surface area contributed by atoms with Crippen LogP contribution in [0, 0.1) is 0 Å². The second-order valence-corrected chi connectivity index (χ2v) is 5.86. The van der Waals surface area contributed by atoms with Crippen LogP contribution in [0.1, 0.15) is 37.7 Å². The summed E-state index contributed by atoms with van der Waals surface area (Å²) in [5.74, 6) is -0.757. The summed E-state index contributed by atoms with van der Waals surface area (Å²) in [7, 11) is 0. The zero-order valence-corrected chi connectivity index (χ0v) is 12.1. The molecule has 104 valence electrons. The molecule has 0 unspecified atom stereocenters. The summed E-state index contributed by atoms with van der Waals surface area (Å²) in [6, 6.07) is 5.37. The molecule has 3 nitrogen and oxygen atoms in total. The Kier molecular flexibility index (Phi) is 4.71. The molecule has 0 spiro atoms. The van der Waals surface area contributed by atoms with Gasteiger partial charge in [0.05, 0.1) is 10.0 Å². The van der Waals surface area contributed by atoms with Gasteiger partial charge in [-0.2, -0.15) is 0 Å². The molecule has 2 rings (SSSR count). The predicted octanol–water partition coefficient (Wildman–Crippen LogP) is 3.87. The highest BCUT2D eigenvalue weighted by molar-refractivity contribution is 6.42. The lowest BCUT2D eigenvalue weighted by atomic mass is 9.81. The van der Waals surface area contributed by atoms with E-state index in [2.05, 4.69) is 5.32 Å². The van der Waals surface area contributed by atoms with Gasteiger partial charge in [0.15, 0.2) is 0 Å². The molecule has 0 bridgehead atoms. The van der Waals surface area contributed by atoms with Crippen LogP contribution in [0.25, 0.3) is 0 Å². The largest absolute Gasteiger partial charge is 0.480 e. The zero-order chi connectivity index (χ0) is 13.9. The third-order valence-electron chi connectivity index (χ3n) is 3.73. The maximum Gasteiger partial charge on any atom is 0.323 e. The number of hydrogen-bond donors (Lipinski definition) is 2. The summed E-state index contributed by atoms with van der Waals surface area (Å²) < 4.78 is 0. The molecule has 0 radical (unpaired) electrons. The third kappa shape index (κ3) is 3.41. The molecule has 0 atom stereocenters. The van der Waals surface area contributed by atoms with Gasteiger partial charge >= 0.3 is 5.97 Å². The van der Waals surface area contributed by atoms with Crippen molar-refractivity contribution in [3.8, 4) is 0 Å². The Labute approximate surface area is 122 Å². The standard InChI is InChI=1S/C14H17Cl2NO2/c15-11-5-4-10(8-12(11)16)9-17-14(13(18)19)6-2-1-3-7-14/h4-5,8,17H,1-3,6-7,9H2,(H,18,19). The molecule has 19 heavy (non-hydrogen) atoms. The maximum atomic E-state index is 11.5. The summed E-state index contributed by atoms with van der Waals surface area (Å²) in [4.78, 5) is 11.5. The number of benzene rings is 1. The number of aliphatic carboxylic acids is 1. The average Bonchev–Trinajstić information content (AvgIpc) is 2.41. The highest BCUT2D eigenvalue weighted by atomic mass is 35.5. The number of carbonyl (C=O) groups is 1. The second-order valence-electron chi connectivity index (χ2n) is 5.05. The van der Waals surface area contributed by atoms with Gasteiger partial charge in [-0.15, -0.1) is 0 Å². The van der Waals surface area contributed by atoms with Crippen LogP contribution in [0.2, 0.25) is 10.0 Å². The summed E-state index contributed by atoms with van der Waals surface area (Å²) in [5, 5.41) is 13.7. The summed E-state index contributed by atoms with van der Waals surface area (Å²) in [5.41, 5.74) is 0.158. The van der Waals surface area contributed by atoms with E-state index in [0.29, 0.717) is 29.4 Å². The van der Waals surface area contributed by atoms with Crippen LogP contribution in [0.4, 0.5) is 0 Å². The van der Waals surface area contributed by atoms with Gasteiger partial charge in [0, 0.05) is 6.54 Å². The Morgan fingerprint density at radius 2 is 1.89 bits per heavy atom. The van der Waals surface area contributed by atoms with Crippen molar-refractivity contribution < 1.29 is 9.90 Å². The van der Waals surface area contributed by atoms with Crippen molar-refractivity contribution in [3.63, 3.8) is 0 Å². The van der Waals surface area contributed by atoms with E-state index in [0.717, 1.165) is 24.8 Å². The number of halogens is 2. The van der Waals surface area contributed by atoms with Gasteiger partial charge in [-0.3, -0.25) is 10.1 Å². The van der Waals surface area contributed by atoms with Crippen LogP contribution in [0.15, 0.2) is 18.2 Å². The third-order valence-corrected chi connectivity index (χ3v) is 4.47. The van der Waals surface area contributed by atoms with E-state index in [-0.39, 0.29) is 0 Å². The van der Waals surface area contributed by atoms with Crippen LogP contribution in [-0.2, 0) is 11.3 Å². The van der Waals surface area contributed by atoms with E-state index in [9.17, 15) is 9.90 Å². The Balaban J connectivity index is 2.06. The van der Waals surface area contributed by atoms with E-state index in [4.69, 9.17) is 23.2 Å². The molecule has 0 aliphatic heterocycles. The molecular weight excluding hydrogens is 285 g/mol. The smallest absolute Gasteiger partial charge is 0.323 e. The normalized spacial score (nSPS) is 18.2. The number of carboxylic acids is 1. The first-order valence-corrected chi connectivity index (χ1v) is 7.21. The Morgan fingerprint density at radius 3 is 2.47 bits per heavy atom. The number of carboxylic acid groups (broad SMARTS) is 1. The molecule has 0 aromatic heterocycles. The molecule has 1 aromatic carbocycles. The summed E-state index contributed by atoms with van der Waals surface area (Å²) >= 11 is 11.8. The minimum Gasteiger partial charge on any atom is -0.480 e. The molecule has 1 aliphatic carbocycles. The van der Waals surface area contributed by atoms with Crippen LogP contribution >= 0.6 is 23.2 Å². The maximum absolute atomic E-state index is 11.5. The van der Waals surface area contributed by atoms with Crippen LogP contribution in [0.5, 0.6) is 0 Å². The van der Waals surface area contributed by atoms with Gasteiger partial charge in [0.25, 0.3) is 0 Å². The Hall–Kier alpha value is -0.770. The van der Waals surface area contributed by atoms with E-state index >= 15 is 0 Å². The minimum atomic E-state index is -0.787. The number of hydrogen-bond acceptors (Lipinski definition) is 2. The molecule has 2 N–H and O–H groups in total. The van der Waals surface area contributed by atoms with Crippen molar-refractivity contribution in [1.29, 1.82) is 0 Å². The van der Waals surface area contributed by atoms with Gasteiger partial charge in [-0.25, -0.2) is 0 Å². The molecule has 0 saturated heterocycles. The zero-order valence-electron chi connectivity index (χ0n) is 10.6. The Morgan fingerprint density at radius 1 is 1.21 bits per heavy atom. The van der Waals surface area contributed by atoms with Crippen LogP contribution < -0.4 is 5.32 Å². The fourth-order valence-electron chi connectivity index (χ4n) is 2.54. The average molecular weight is 302 g/mol. The SMILES string of the molecule is O=C(O)C1(NCc2ccc(Cl)c(Cl)c2)CCCCC1. The van der Waals surface area contributed by atoms with Crippen molar-refractivity contribution >= 4 is 29.2 Å². The highest BCUT2D eigenvalue weighted by Crippen LogP contribution is 2.29. The van der Waals surface area contributed by atoms with E-state index in [1.807, 2.05) is 6.07 Å². The van der Waals surface area contributed by atoms with Crippen molar-refractivity contribution in [3.05, 3.63) is 33.8 Å². The topological polar surface area (TPSA) is 49.3 Å². The van der Waals surface area contributed by atoms with Gasteiger partial charge in [0.1, 0.15) is 5.54 Å². The molecule has 1 aromatic rings. The molecule has 1 fully saturated rings. The van der Waals surface area contributed by atoms with Crippen LogP contribution in [0.3, 0.4) is 0 Å². The number of rotatable bonds is 4. The Bertz CT molecular complexity index is 471. The fraction of sp³-hybridized carbons (Fsp3) is 0.500. The first kappa shape index (κ1) is 14.6. The van der Waals surface area contributed by atoms with Gasteiger partial charge in [0.2, 0.25) is 0 Å². The van der Waals surface area contributed by atoms with E-state index in [1.165, 1.54) is 0 Å². The van der Waals surface area contributed by atoms with Crippen molar-refractivity contribution in [2.75, 3.05) is 0 Å². The van der Waals surface area contributed by atoms with Crippen molar-refractivity contribution in [1.82, 2.24) is 5.32 Å². The molecule has 0 amide bonds. The first-order chi connectivity index (χ1) is 9.03. The van der Waals surface area contributed by atoms with Crippen molar-refractivity contribution in [2.45, 2.75) is 44.2 Å². The lowest BCUT2D eigenvalue weighted by molar-refractivity contribution is -0.146. The highest BCUT2D eigenvalue weighted by Gasteiger charge is 2.38. The molecule has 0 heterocycles. The van der Waals surface area contributed by atoms with Crippen LogP contribution in [-0.4, -0.2) is 16.6 Å². The van der Waals surface area contributed by atoms with Gasteiger partial charge in [-0.1, -0.05) is 48.5 Å². The lowest BCUT2D eigenvalue weighted by Crippen LogP contribution is -2.52. The summed E-state index contributed by atoms with van der Waals surface area (Å²) in [6.45, 7) is 0.489. The molecular formula is C14H17Cl2NO2. The first-order valence-electron chi connectivity index (χ1n) is 6.46. The van der Waals surface area contributed by atoms with Crippen molar-refractivity contribution in [2.24, 2.45) is 0 Å². The molecule has 1 saturated carbocycles. The van der Waals surface area contributed by atoms with Gasteiger partial charge in [-0.05, 0) is 30.5 Å². The predicted molar refractivity (Wildman–Crippen MR) is 76.8 cm³/mol. The minimum absolute atomic E-state index is 0.489. The monoisotopic (exact) mass is 301 g/mol. The van der Waals surface area contributed by atoms with E-state index in [1.54, 1.807) is 12.1 Å². The second kappa shape index (κ2) is 6.12. The quantitative estimate of drug-likeness (QED) is 0.887. The lowest BCUT2D eigenvalue weighted by Gasteiger charge is -2.34. The molecule has 1 aliphatic rings. The fourth-order valence-corrected chi connectivity index (χ4v) is 2.86. The number of nitrogens with one attached hydrogen (secondary N) is 1. The summed E-state index contributed by atoms with van der Waals surface area (Å²) in [6.07, 6.45) is 4.40. The molecule has 5 heteroatoms. The van der Waals surface area contributed by atoms with Gasteiger partial charge < -0.3 is 5.11 Å². The van der Waals surface area contributed by atoms with E-state index < -0.39 is 11.5 Å².